The van der Waals surface area contributed by atoms with Crippen molar-refractivity contribution >= 4 is 17.3 Å². The lowest BCUT2D eigenvalue weighted by atomic mass is 9.96. The number of hydrogen-bond acceptors (Lipinski definition) is 3. The Morgan fingerprint density at radius 1 is 1.10 bits per heavy atom. The summed E-state index contributed by atoms with van der Waals surface area (Å²) in [7, 11) is 0. The summed E-state index contributed by atoms with van der Waals surface area (Å²) in [5, 5.41) is 12.1. The van der Waals surface area contributed by atoms with Gasteiger partial charge >= 0.3 is 5.97 Å². The van der Waals surface area contributed by atoms with E-state index in [1.165, 1.54) is 69.2 Å². The van der Waals surface area contributed by atoms with Crippen LogP contribution in [0.15, 0.2) is 5.38 Å². The maximum absolute atomic E-state index is 10.6. The van der Waals surface area contributed by atoms with Crippen LogP contribution in [0, 0.1) is 0 Å². The van der Waals surface area contributed by atoms with Gasteiger partial charge in [-0.15, -0.1) is 11.3 Å². The minimum absolute atomic E-state index is 0.188. The topological polar surface area (TPSA) is 50.2 Å². The summed E-state index contributed by atoms with van der Waals surface area (Å²) < 4.78 is 0. The first-order valence-corrected chi connectivity index (χ1v) is 9.30. The average molecular weight is 309 g/mol. The Kier molecular flexibility index (Phi) is 7.20. The Morgan fingerprint density at radius 3 is 2.24 bits per heavy atom. The van der Waals surface area contributed by atoms with E-state index in [0.717, 1.165) is 5.69 Å². The third kappa shape index (κ3) is 6.16. The van der Waals surface area contributed by atoms with Crippen molar-refractivity contribution in [3.05, 3.63) is 16.1 Å². The van der Waals surface area contributed by atoms with E-state index < -0.39 is 5.97 Å². The molecule has 1 fully saturated rings. The van der Waals surface area contributed by atoms with E-state index in [-0.39, 0.29) is 6.42 Å². The second kappa shape index (κ2) is 9.19. The van der Waals surface area contributed by atoms with E-state index in [4.69, 9.17) is 10.1 Å². The number of nitrogens with zero attached hydrogens (tertiary/aromatic N) is 1. The van der Waals surface area contributed by atoms with Crippen molar-refractivity contribution in [3.63, 3.8) is 0 Å². The third-order valence-corrected chi connectivity index (χ3v) is 5.42. The van der Waals surface area contributed by atoms with Crippen LogP contribution in [0.4, 0.5) is 0 Å². The molecule has 118 valence electrons. The highest BCUT2D eigenvalue weighted by Gasteiger charge is 2.16. The SMILES string of the molecule is O=C(O)CCc1csc(C2CCCCCCCCCC2)n1. The minimum atomic E-state index is -0.737. The molecule has 1 aromatic heterocycles. The number of carboxylic acid groups (broad SMARTS) is 1. The lowest BCUT2D eigenvalue weighted by molar-refractivity contribution is -0.136. The molecular weight excluding hydrogens is 282 g/mol. The summed E-state index contributed by atoms with van der Waals surface area (Å²) in [6, 6.07) is 0. The predicted molar refractivity (Wildman–Crippen MR) is 87.0 cm³/mol. The Bertz CT molecular complexity index is 418. The zero-order valence-electron chi connectivity index (χ0n) is 12.9. The van der Waals surface area contributed by atoms with E-state index in [2.05, 4.69) is 5.38 Å². The molecule has 0 saturated heterocycles. The molecule has 0 amide bonds. The van der Waals surface area contributed by atoms with Crippen LogP contribution >= 0.6 is 11.3 Å². The zero-order chi connectivity index (χ0) is 14.9. The van der Waals surface area contributed by atoms with Gasteiger partial charge in [-0.25, -0.2) is 4.98 Å². The van der Waals surface area contributed by atoms with Crippen LogP contribution in [-0.4, -0.2) is 16.1 Å². The number of aromatic nitrogens is 1. The quantitative estimate of drug-likeness (QED) is 0.836. The number of aryl methyl sites for hydroxylation is 1. The molecule has 0 aliphatic heterocycles. The highest BCUT2D eigenvalue weighted by Crippen LogP contribution is 2.31. The molecule has 1 aliphatic carbocycles. The molecule has 4 heteroatoms. The average Bonchev–Trinajstić information content (AvgIpc) is 2.90. The summed E-state index contributed by atoms with van der Waals surface area (Å²) in [4.78, 5) is 15.4. The van der Waals surface area contributed by atoms with E-state index >= 15 is 0 Å². The van der Waals surface area contributed by atoms with Crippen molar-refractivity contribution in [1.29, 1.82) is 0 Å². The van der Waals surface area contributed by atoms with Crippen molar-refractivity contribution in [2.24, 2.45) is 0 Å². The molecule has 0 spiro atoms. The summed E-state index contributed by atoms with van der Waals surface area (Å²) in [6.45, 7) is 0. The van der Waals surface area contributed by atoms with Crippen molar-refractivity contribution in [2.75, 3.05) is 0 Å². The third-order valence-electron chi connectivity index (χ3n) is 4.37. The van der Waals surface area contributed by atoms with Gasteiger partial charge in [-0.3, -0.25) is 4.79 Å². The number of rotatable bonds is 4. The molecule has 0 unspecified atom stereocenters. The van der Waals surface area contributed by atoms with Gasteiger partial charge in [-0.05, 0) is 12.8 Å². The molecule has 1 aromatic rings. The Hall–Kier alpha value is -0.900. The lowest BCUT2D eigenvalue weighted by Crippen LogP contribution is -2.01. The van der Waals surface area contributed by atoms with Crippen LogP contribution < -0.4 is 0 Å². The van der Waals surface area contributed by atoms with Gasteiger partial charge in [0.25, 0.3) is 0 Å². The Morgan fingerprint density at radius 2 is 1.67 bits per heavy atom. The minimum Gasteiger partial charge on any atom is -0.481 e. The molecule has 0 atom stereocenters. The largest absolute Gasteiger partial charge is 0.481 e. The number of hydrogen-bond donors (Lipinski definition) is 1. The van der Waals surface area contributed by atoms with Crippen molar-refractivity contribution in [2.45, 2.75) is 83.0 Å². The summed E-state index contributed by atoms with van der Waals surface area (Å²) in [5.41, 5.74) is 0.965. The first-order valence-electron chi connectivity index (χ1n) is 8.42. The van der Waals surface area contributed by atoms with E-state index in [0.29, 0.717) is 12.3 Å². The Balaban J connectivity index is 1.91. The van der Waals surface area contributed by atoms with E-state index in [1.807, 2.05) is 0 Å². The fourth-order valence-corrected chi connectivity index (χ4v) is 4.12. The highest BCUT2D eigenvalue weighted by molar-refractivity contribution is 7.09. The van der Waals surface area contributed by atoms with Crippen LogP contribution in [0.3, 0.4) is 0 Å². The van der Waals surface area contributed by atoms with Crippen LogP contribution in [0.25, 0.3) is 0 Å². The maximum Gasteiger partial charge on any atom is 0.303 e. The molecular formula is C17H27NO2S. The summed E-state index contributed by atoms with van der Waals surface area (Å²) in [6.07, 6.45) is 14.2. The van der Waals surface area contributed by atoms with Crippen LogP contribution in [0.5, 0.6) is 0 Å². The lowest BCUT2D eigenvalue weighted by Gasteiger charge is -2.13. The molecule has 1 saturated carbocycles. The van der Waals surface area contributed by atoms with Crippen LogP contribution in [-0.2, 0) is 11.2 Å². The van der Waals surface area contributed by atoms with Crippen molar-refractivity contribution in [3.8, 4) is 0 Å². The molecule has 21 heavy (non-hydrogen) atoms. The van der Waals surface area contributed by atoms with Crippen molar-refractivity contribution < 1.29 is 9.90 Å². The highest BCUT2D eigenvalue weighted by atomic mass is 32.1. The van der Waals surface area contributed by atoms with Crippen LogP contribution in [0.1, 0.15) is 87.2 Å². The maximum atomic E-state index is 10.6. The fraction of sp³-hybridized carbons (Fsp3) is 0.765. The van der Waals surface area contributed by atoms with Crippen LogP contribution in [0.2, 0.25) is 0 Å². The smallest absolute Gasteiger partial charge is 0.303 e. The molecule has 1 N–H and O–H groups in total. The molecule has 0 aromatic carbocycles. The van der Waals surface area contributed by atoms with Gasteiger partial charge in [-0.2, -0.15) is 0 Å². The molecule has 0 radical (unpaired) electrons. The predicted octanol–water partition coefficient (Wildman–Crippen LogP) is 5.16. The van der Waals surface area contributed by atoms with Gasteiger partial charge in [0.1, 0.15) is 0 Å². The fourth-order valence-electron chi connectivity index (χ4n) is 3.09. The zero-order valence-corrected chi connectivity index (χ0v) is 13.7. The standard InChI is InChI=1S/C17H27NO2S/c19-16(20)12-11-15-13-21-17(18-15)14-9-7-5-3-1-2-4-6-8-10-14/h13-14H,1-12H2,(H,19,20). The van der Waals surface area contributed by atoms with Gasteiger partial charge in [-0.1, -0.05) is 51.4 Å². The normalized spacial score (nSPS) is 19.0. The van der Waals surface area contributed by atoms with Gasteiger partial charge in [0.05, 0.1) is 17.1 Å². The first kappa shape index (κ1) is 16.5. The summed E-state index contributed by atoms with van der Waals surface area (Å²) >= 11 is 1.74. The molecule has 1 heterocycles. The molecule has 1 aliphatic rings. The van der Waals surface area contributed by atoms with Crippen molar-refractivity contribution in [1.82, 2.24) is 4.98 Å². The number of carbonyl (C=O) groups is 1. The van der Waals surface area contributed by atoms with Gasteiger partial charge in [0, 0.05) is 17.7 Å². The summed E-state index contributed by atoms with van der Waals surface area (Å²) in [5.74, 6) is -0.133. The van der Waals surface area contributed by atoms with Gasteiger partial charge in [0.2, 0.25) is 0 Å². The molecule has 3 nitrogen and oxygen atoms in total. The van der Waals surface area contributed by atoms with Gasteiger partial charge < -0.3 is 5.11 Å². The van der Waals surface area contributed by atoms with E-state index in [9.17, 15) is 4.79 Å². The number of aliphatic carboxylic acids is 1. The number of thiazole rings is 1. The second-order valence-corrected chi connectivity index (χ2v) is 7.06. The van der Waals surface area contributed by atoms with Gasteiger partial charge in [0.15, 0.2) is 0 Å². The monoisotopic (exact) mass is 309 g/mol. The van der Waals surface area contributed by atoms with E-state index in [1.54, 1.807) is 11.3 Å². The number of carboxylic acids is 1. The second-order valence-electron chi connectivity index (χ2n) is 6.17. The Labute approximate surface area is 131 Å². The molecule has 2 rings (SSSR count). The first-order chi connectivity index (χ1) is 10.3. The molecule has 0 bridgehead atoms.